The fourth-order valence-electron chi connectivity index (χ4n) is 3.71. The fraction of sp³-hybridized carbons (Fsp3) is 0.280. The van der Waals surface area contributed by atoms with Crippen LogP contribution < -0.4 is 10.6 Å². The van der Waals surface area contributed by atoms with Crippen LogP contribution in [0.2, 0.25) is 0 Å². The van der Waals surface area contributed by atoms with Crippen LogP contribution in [0.15, 0.2) is 66.7 Å². The van der Waals surface area contributed by atoms with E-state index < -0.39 is 17.6 Å². The molecule has 0 aromatic heterocycles. The second kappa shape index (κ2) is 10.5. The Balaban J connectivity index is 1.60. The summed E-state index contributed by atoms with van der Waals surface area (Å²) in [5, 5.41) is 7.37. The predicted octanol–water partition coefficient (Wildman–Crippen LogP) is 5.00. The van der Waals surface area contributed by atoms with Crippen LogP contribution in [0.25, 0.3) is 10.8 Å². The summed E-state index contributed by atoms with van der Waals surface area (Å²) in [7, 11) is 0. The number of nitrogens with one attached hydrogen (secondary N) is 2. The normalized spacial score (nSPS) is 12.5. The summed E-state index contributed by atoms with van der Waals surface area (Å²) in [5.41, 5.74) is -0.242. The van der Waals surface area contributed by atoms with Crippen molar-refractivity contribution in [2.75, 3.05) is 25.0 Å². The molecule has 0 aliphatic carbocycles. The van der Waals surface area contributed by atoms with E-state index in [0.29, 0.717) is 6.54 Å². The zero-order chi connectivity index (χ0) is 24.0. The molecule has 0 spiro atoms. The zero-order valence-electron chi connectivity index (χ0n) is 18.4. The molecule has 2 amide bonds. The predicted molar refractivity (Wildman–Crippen MR) is 123 cm³/mol. The standard InChI is InChI=1S/C25H26F3N3O2/c1-3-31(16-24(33)30-22-14-7-6-13-21(22)25(26,27)28)15-23(32)29-17(2)19-12-8-10-18-9-4-5-11-20(18)19/h4-14,17H,3,15-16H2,1-2H3,(H,29,32)(H,30,33). The van der Waals surface area contributed by atoms with Gasteiger partial charge in [-0.2, -0.15) is 13.2 Å². The van der Waals surface area contributed by atoms with E-state index in [0.717, 1.165) is 22.4 Å². The number of rotatable bonds is 8. The van der Waals surface area contributed by atoms with Gasteiger partial charge in [-0.3, -0.25) is 14.5 Å². The molecule has 0 heterocycles. The van der Waals surface area contributed by atoms with Gasteiger partial charge in [0.1, 0.15) is 0 Å². The minimum atomic E-state index is -4.58. The van der Waals surface area contributed by atoms with Crippen LogP contribution in [-0.4, -0.2) is 36.3 Å². The third kappa shape index (κ3) is 6.32. The van der Waals surface area contributed by atoms with Gasteiger partial charge in [0.25, 0.3) is 0 Å². The maximum atomic E-state index is 13.1. The Hall–Kier alpha value is -3.39. The molecule has 1 atom stereocenters. The Labute approximate surface area is 190 Å². The maximum Gasteiger partial charge on any atom is 0.418 e. The number of benzene rings is 3. The summed E-state index contributed by atoms with van der Waals surface area (Å²) in [4.78, 5) is 26.6. The average Bonchev–Trinajstić information content (AvgIpc) is 2.77. The van der Waals surface area contributed by atoms with Crippen molar-refractivity contribution >= 4 is 28.3 Å². The first-order chi connectivity index (χ1) is 15.7. The third-order valence-corrected chi connectivity index (χ3v) is 5.36. The lowest BCUT2D eigenvalue weighted by atomic mass is 10.00. The largest absolute Gasteiger partial charge is 0.418 e. The number of likely N-dealkylation sites (N-methyl/N-ethyl adjacent to an activating group) is 1. The highest BCUT2D eigenvalue weighted by Gasteiger charge is 2.33. The monoisotopic (exact) mass is 457 g/mol. The van der Waals surface area contributed by atoms with Crippen LogP contribution in [0.4, 0.5) is 18.9 Å². The van der Waals surface area contributed by atoms with E-state index in [1.165, 1.54) is 18.2 Å². The second-order valence-electron chi connectivity index (χ2n) is 7.75. The van der Waals surface area contributed by atoms with Crippen molar-refractivity contribution in [3.8, 4) is 0 Å². The number of halogens is 3. The van der Waals surface area contributed by atoms with Gasteiger partial charge in [-0.15, -0.1) is 0 Å². The van der Waals surface area contributed by atoms with Crippen molar-refractivity contribution in [1.29, 1.82) is 0 Å². The maximum absolute atomic E-state index is 13.1. The Kier molecular flexibility index (Phi) is 7.71. The molecule has 0 aliphatic rings. The lowest BCUT2D eigenvalue weighted by molar-refractivity contribution is -0.137. The van der Waals surface area contributed by atoms with E-state index in [-0.39, 0.29) is 30.7 Å². The molecule has 5 nitrogen and oxygen atoms in total. The Morgan fingerprint density at radius 2 is 1.55 bits per heavy atom. The number of carbonyl (C=O) groups excluding carboxylic acids is 2. The number of amides is 2. The molecule has 2 N–H and O–H groups in total. The Morgan fingerprint density at radius 3 is 2.27 bits per heavy atom. The number of alkyl halides is 3. The SMILES string of the molecule is CCN(CC(=O)Nc1ccccc1C(F)(F)F)CC(=O)NC(C)c1cccc2ccccc12. The van der Waals surface area contributed by atoms with Gasteiger partial charge in [0, 0.05) is 0 Å². The lowest BCUT2D eigenvalue weighted by Crippen LogP contribution is -2.41. The summed E-state index contributed by atoms with van der Waals surface area (Å²) in [6.07, 6.45) is -4.58. The van der Waals surface area contributed by atoms with Crippen molar-refractivity contribution in [2.45, 2.75) is 26.1 Å². The number of nitrogens with zero attached hydrogens (tertiary/aromatic N) is 1. The first-order valence-electron chi connectivity index (χ1n) is 10.6. The van der Waals surface area contributed by atoms with Crippen LogP contribution >= 0.6 is 0 Å². The molecule has 33 heavy (non-hydrogen) atoms. The van der Waals surface area contributed by atoms with E-state index in [2.05, 4.69) is 10.6 Å². The van der Waals surface area contributed by atoms with Crippen molar-refractivity contribution in [1.82, 2.24) is 10.2 Å². The summed E-state index contributed by atoms with van der Waals surface area (Å²) in [6.45, 7) is 3.78. The van der Waals surface area contributed by atoms with Crippen LogP contribution in [0, 0.1) is 0 Å². The quantitative estimate of drug-likeness (QED) is 0.501. The van der Waals surface area contributed by atoms with Gasteiger partial charge in [0.2, 0.25) is 11.8 Å². The molecule has 1 unspecified atom stereocenters. The molecular formula is C25H26F3N3O2. The van der Waals surface area contributed by atoms with Crippen molar-refractivity contribution < 1.29 is 22.8 Å². The molecule has 8 heteroatoms. The molecule has 3 aromatic carbocycles. The zero-order valence-corrected chi connectivity index (χ0v) is 18.4. The van der Waals surface area contributed by atoms with Gasteiger partial charge in [-0.1, -0.05) is 61.5 Å². The summed E-state index contributed by atoms with van der Waals surface area (Å²) in [5.74, 6) is -0.899. The lowest BCUT2D eigenvalue weighted by Gasteiger charge is -2.22. The number of carbonyl (C=O) groups is 2. The highest BCUT2D eigenvalue weighted by Crippen LogP contribution is 2.34. The van der Waals surface area contributed by atoms with Crippen LogP contribution in [0.3, 0.4) is 0 Å². The van der Waals surface area contributed by atoms with Gasteiger partial charge in [0.05, 0.1) is 30.4 Å². The van der Waals surface area contributed by atoms with Crippen molar-refractivity contribution in [3.63, 3.8) is 0 Å². The topological polar surface area (TPSA) is 61.4 Å². The number of anilines is 1. The van der Waals surface area contributed by atoms with Crippen molar-refractivity contribution in [2.24, 2.45) is 0 Å². The molecule has 0 fully saturated rings. The smallest absolute Gasteiger partial charge is 0.348 e. The number of fused-ring (bicyclic) bond motifs is 1. The first kappa shape index (κ1) is 24.3. The number of para-hydroxylation sites is 1. The molecule has 174 valence electrons. The second-order valence-corrected chi connectivity index (χ2v) is 7.75. The van der Waals surface area contributed by atoms with Gasteiger partial charge < -0.3 is 10.6 Å². The van der Waals surface area contributed by atoms with E-state index >= 15 is 0 Å². The van der Waals surface area contributed by atoms with Gasteiger partial charge in [0.15, 0.2) is 0 Å². The fourth-order valence-corrected chi connectivity index (χ4v) is 3.71. The van der Waals surface area contributed by atoms with E-state index in [1.54, 1.807) is 11.8 Å². The van der Waals surface area contributed by atoms with Crippen molar-refractivity contribution in [3.05, 3.63) is 77.9 Å². The molecule has 0 aliphatic heterocycles. The molecule has 3 aromatic rings. The molecule has 0 radical (unpaired) electrons. The third-order valence-electron chi connectivity index (χ3n) is 5.36. The summed E-state index contributed by atoms with van der Waals surface area (Å²) >= 11 is 0. The molecule has 3 rings (SSSR count). The minimum absolute atomic E-state index is 0.0556. The summed E-state index contributed by atoms with van der Waals surface area (Å²) < 4.78 is 39.4. The van der Waals surface area contributed by atoms with E-state index in [1.807, 2.05) is 49.4 Å². The number of hydrogen-bond acceptors (Lipinski definition) is 3. The van der Waals surface area contributed by atoms with E-state index in [9.17, 15) is 22.8 Å². The Morgan fingerprint density at radius 1 is 0.909 bits per heavy atom. The van der Waals surface area contributed by atoms with Gasteiger partial charge in [-0.25, -0.2) is 0 Å². The molecule has 0 saturated carbocycles. The van der Waals surface area contributed by atoms with Crippen LogP contribution in [0.1, 0.15) is 31.0 Å². The molecular weight excluding hydrogens is 431 g/mol. The first-order valence-corrected chi connectivity index (χ1v) is 10.6. The van der Waals surface area contributed by atoms with E-state index in [4.69, 9.17) is 0 Å². The highest BCUT2D eigenvalue weighted by molar-refractivity contribution is 5.93. The average molecular weight is 457 g/mol. The number of hydrogen-bond donors (Lipinski definition) is 2. The Bertz CT molecular complexity index is 1130. The molecule has 0 bridgehead atoms. The highest BCUT2D eigenvalue weighted by atomic mass is 19.4. The minimum Gasteiger partial charge on any atom is -0.348 e. The van der Waals surface area contributed by atoms with Crippen LogP contribution in [-0.2, 0) is 15.8 Å². The molecule has 0 saturated heterocycles. The van der Waals surface area contributed by atoms with Crippen LogP contribution in [0.5, 0.6) is 0 Å². The summed E-state index contributed by atoms with van der Waals surface area (Å²) in [6, 6.07) is 18.3. The van der Waals surface area contributed by atoms with Gasteiger partial charge >= 0.3 is 6.18 Å². The van der Waals surface area contributed by atoms with Gasteiger partial charge in [-0.05, 0) is 41.9 Å².